The number of nitrogens with one attached hydrogen (secondary N) is 2. The maximum absolute atomic E-state index is 12.3. The van der Waals surface area contributed by atoms with Gasteiger partial charge in [0, 0.05) is 12.2 Å². The predicted molar refractivity (Wildman–Crippen MR) is 102 cm³/mol. The topological polar surface area (TPSA) is 57.5 Å². The molecular weight excluding hydrogens is 314 g/mol. The van der Waals surface area contributed by atoms with Crippen molar-refractivity contribution in [2.24, 2.45) is 0 Å². The molecule has 0 saturated carbocycles. The van der Waals surface area contributed by atoms with E-state index in [0.29, 0.717) is 6.54 Å². The minimum atomic E-state index is -0.0219. The van der Waals surface area contributed by atoms with E-state index in [4.69, 9.17) is 4.42 Å². The van der Waals surface area contributed by atoms with Crippen LogP contribution in [0.4, 0.5) is 5.69 Å². The Morgan fingerprint density at radius 2 is 1.80 bits per heavy atom. The smallest absolute Gasteiger partial charge is 0.239 e. The molecule has 0 aliphatic heterocycles. The zero-order valence-corrected chi connectivity index (χ0v) is 15.6. The first kappa shape index (κ1) is 19.1. The Kier molecular flexibility index (Phi) is 7.07. The van der Waals surface area contributed by atoms with Crippen LogP contribution in [0, 0.1) is 13.8 Å². The summed E-state index contributed by atoms with van der Waals surface area (Å²) >= 11 is 0. The summed E-state index contributed by atoms with van der Waals surface area (Å²) in [5.74, 6) is 0.859. The monoisotopic (exact) mass is 343 g/mol. The van der Waals surface area contributed by atoms with Gasteiger partial charge in [0.15, 0.2) is 0 Å². The molecule has 1 atom stereocenters. The van der Waals surface area contributed by atoms with Crippen LogP contribution in [0.2, 0.25) is 0 Å². The van der Waals surface area contributed by atoms with Gasteiger partial charge in [-0.05, 0) is 50.2 Å². The molecule has 2 N–H and O–H groups in total. The van der Waals surface area contributed by atoms with Crippen LogP contribution in [0.1, 0.15) is 36.8 Å². The lowest BCUT2D eigenvalue weighted by Crippen LogP contribution is -2.39. The lowest BCUT2D eigenvalue weighted by atomic mass is 10.1. The fourth-order valence-electron chi connectivity index (χ4n) is 3.09. The fourth-order valence-corrected chi connectivity index (χ4v) is 3.09. The molecule has 5 nitrogen and oxygen atoms in total. The summed E-state index contributed by atoms with van der Waals surface area (Å²) in [4.78, 5) is 14.6. The number of carbonyl (C=O) groups is 1. The van der Waals surface area contributed by atoms with Crippen molar-refractivity contribution >= 4 is 11.6 Å². The molecule has 0 bridgehead atoms. The van der Waals surface area contributed by atoms with E-state index in [9.17, 15) is 4.79 Å². The Morgan fingerprint density at radius 3 is 2.36 bits per heavy atom. The van der Waals surface area contributed by atoms with E-state index in [1.165, 1.54) is 0 Å². The van der Waals surface area contributed by atoms with Gasteiger partial charge < -0.3 is 15.1 Å². The van der Waals surface area contributed by atoms with E-state index in [1.54, 1.807) is 6.26 Å². The van der Waals surface area contributed by atoms with Crippen molar-refractivity contribution in [3.63, 3.8) is 0 Å². The summed E-state index contributed by atoms with van der Waals surface area (Å²) in [7, 11) is 0. The van der Waals surface area contributed by atoms with E-state index in [1.807, 2.05) is 44.2 Å². The van der Waals surface area contributed by atoms with Crippen molar-refractivity contribution < 1.29 is 9.21 Å². The summed E-state index contributed by atoms with van der Waals surface area (Å²) in [6.07, 6.45) is 1.68. The molecular formula is C20H29N3O2. The van der Waals surface area contributed by atoms with E-state index >= 15 is 0 Å². The van der Waals surface area contributed by atoms with E-state index in [-0.39, 0.29) is 18.5 Å². The number of rotatable bonds is 9. The van der Waals surface area contributed by atoms with Crippen LogP contribution in [0.5, 0.6) is 0 Å². The molecule has 0 aliphatic carbocycles. The highest BCUT2D eigenvalue weighted by molar-refractivity contribution is 5.81. The number of hydrogen-bond acceptors (Lipinski definition) is 4. The SMILES string of the molecule is CCN(CC)[C@@H](CNC(=O)CNc1c(C)cccc1C)c1ccco1. The highest BCUT2D eigenvalue weighted by atomic mass is 16.3. The van der Waals surface area contributed by atoms with Crippen LogP contribution in [-0.4, -0.2) is 37.0 Å². The zero-order valence-electron chi connectivity index (χ0n) is 15.6. The molecule has 0 fully saturated rings. The van der Waals surface area contributed by atoms with Crippen LogP contribution < -0.4 is 10.6 Å². The van der Waals surface area contributed by atoms with Crippen LogP contribution >= 0.6 is 0 Å². The molecule has 1 amide bonds. The second kappa shape index (κ2) is 9.28. The first-order valence-electron chi connectivity index (χ1n) is 8.91. The summed E-state index contributed by atoms with van der Waals surface area (Å²) in [6.45, 7) is 10.9. The Balaban J connectivity index is 1.93. The van der Waals surface area contributed by atoms with Crippen molar-refractivity contribution in [1.29, 1.82) is 0 Å². The van der Waals surface area contributed by atoms with Crippen LogP contribution in [0.25, 0.3) is 0 Å². The molecule has 2 aromatic rings. The number of likely N-dealkylation sites (N-methyl/N-ethyl adjacent to an activating group) is 1. The quantitative estimate of drug-likeness (QED) is 0.731. The van der Waals surface area contributed by atoms with Gasteiger partial charge in [0.2, 0.25) is 5.91 Å². The van der Waals surface area contributed by atoms with Crippen molar-refractivity contribution in [3.8, 4) is 0 Å². The molecule has 25 heavy (non-hydrogen) atoms. The van der Waals surface area contributed by atoms with Crippen molar-refractivity contribution in [1.82, 2.24) is 10.2 Å². The van der Waals surface area contributed by atoms with Crippen LogP contribution in [0.15, 0.2) is 41.0 Å². The molecule has 1 heterocycles. The Morgan fingerprint density at radius 1 is 1.12 bits per heavy atom. The van der Waals surface area contributed by atoms with Crippen molar-refractivity contribution in [2.45, 2.75) is 33.7 Å². The van der Waals surface area contributed by atoms with E-state index < -0.39 is 0 Å². The Hall–Kier alpha value is -2.27. The molecule has 136 valence electrons. The first-order chi connectivity index (χ1) is 12.1. The molecule has 2 rings (SSSR count). The lowest BCUT2D eigenvalue weighted by molar-refractivity contribution is -0.119. The van der Waals surface area contributed by atoms with Gasteiger partial charge >= 0.3 is 0 Å². The average molecular weight is 343 g/mol. The number of benzene rings is 1. The van der Waals surface area contributed by atoms with Gasteiger partial charge in [-0.1, -0.05) is 32.0 Å². The largest absolute Gasteiger partial charge is 0.468 e. The summed E-state index contributed by atoms with van der Waals surface area (Å²) < 4.78 is 5.56. The summed E-state index contributed by atoms with van der Waals surface area (Å²) in [6, 6.07) is 10.0. The standard InChI is InChI=1S/C20H29N3O2/c1-5-23(6-2)17(18-11-8-12-25-18)13-21-19(24)14-22-20-15(3)9-7-10-16(20)4/h7-12,17,22H,5-6,13-14H2,1-4H3,(H,21,24)/t17-/m0/s1. The maximum atomic E-state index is 12.3. The summed E-state index contributed by atoms with van der Waals surface area (Å²) in [5.41, 5.74) is 3.32. The highest BCUT2D eigenvalue weighted by Gasteiger charge is 2.21. The van der Waals surface area contributed by atoms with Crippen molar-refractivity contribution in [3.05, 3.63) is 53.5 Å². The van der Waals surface area contributed by atoms with Crippen LogP contribution in [0.3, 0.4) is 0 Å². The van der Waals surface area contributed by atoms with Crippen molar-refractivity contribution in [2.75, 3.05) is 31.5 Å². The molecule has 0 saturated heterocycles. The number of hydrogen-bond donors (Lipinski definition) is 2. The maximum Gasteiger partial charge on any atom is 0.239 e. The normalized spacial score (nSPS) is 12.2. The molecule has 0 spiro atoms. The third-order valence-electron chi connectivity index (χ3n) is 4.52. The van der Waals surface area contributed by atoms with Gasteiger partial charge in [0.25, 0.3) is 0 Å². The third kappa shape index (κ3) is 5.10. The Bertz CT molecular complexity index is 643. The van der Waals surface area contributed by atoms with Gasteiger partial charge in [-0.25, -0.2) is 0 Å². The summed E-state index contributed by atoms with van der Waals surface area (Å²) in [5, 5.41) is 6.27. The molecule has 1 aromatic heterocycles. The number of anilines is 1. The minimum absolute atomic E-state index is 0.0219. The van der Waals surface area contributed by atoms with Gasteiger partial charge in [-0.3, -0.25) is 9.69 Å². The molecule has 0 unspecified atom stereocenters. The minimum Gasteiger partial charge on any atom is -0.468 e. The van der Waals surface area contributed by atoms with Gasteiger partial charge in [0.05, 0.1) is 18.8 Å². The number of furan rings is 1. The van der Waals surface area contributed by atoms with Gasteiger partial charge in [-0.15, -0.1) is 0 Å². The predicted octanol–water partition coefficient (Wildman–Crippen LogP) is 3.51. The number of amides is 1. The van der Waals surface area contributed by atoms with Gasteiger partial charge in [-0.2, -0.15) is 0 Å². The number of carbonyl (C=O) groups excluding carboxylic acids is 1. The second-order valence-electron chi connectivity index (χ2n) is 6.18. The molecule has 0 radical (unpaired) electrons. The van der Waals surface area contributed by atoms with E-state index in [0.717, 1.165) is 35.7 Å². The number of para-hydroxylation sites is 1. The van der Waals surface area contributed by atoms with Gasteiger partial charge in [0.1, 0.15) is 5.76 Å². The van der Waals surface area contributed by atoms with E-state index in [2.05, 4.69) is 29.4 Å². The molecule has 5 heteroatoms. The average Bonchev–Trinajstić information content (AvgIpc) is 3.12. The van der Waals surface area contributed by atoms with Crippen LogP contribution in [-0.2, 0) is 4.79 Å². The first-order valence-corrected chi connectivity index (χ1v) is 8.91. The number of nitrogens with zero attached hydrogens (tertiary/aromatic N) is 1. The molecule has 1 aromatic carbocycles. The number of aryl methyl sites for hydroxylation is 2. The Labute approximate surface area is 150 Å². The zero-order chi connectivity index (χ0) is 18.2. The fraction of sp³-hybridized carbons (Fsp3) is 0.450. The second-order valence-corrected chi connectivity index (χ2v) is 6.18. The lowest BCUT2D eigenvalue weighted by Gasteiger charge is -2.28. The molecule has 0 aliphatic rings. The highest BCUT2D eigenvalue weighted by Crippen LogP contribution is 2.21. The third-order valence-corrected chi connectivity index (χ3v) is 4.52.